The van der Waals surface area contributed by atoms with Crippen LogP contribution in [0.25, 0.3) is 0 Å². The zero-order valence-electron chi connectivity index (χ0n) is 15.1. The molecule has 0 bridgehead atoms. The van der Waals surface area contributed by atoms with Gasteiger partial charge in [-0.3, -0.25) is 14.6 Å². The second kappa shape index (κ2) is 10.3. The summed E-state index contributed by atoms with van der Waals surface area (Å²) in [5.74, 6) is 0.385. The first kappa shape index (κ1) is 19.6. The van der Waals surface area contributed by atoms with Crippen molar-refractivity contribution in [1.29, 1.82) is 0 Å². The smallest absolute Gasteiger partial charge is 0.273 e. The molecule has 1 unspecified atom stereocenters. The van der Waals surface area contributed by atoms with Crippen molar-refractivity contribution >= 4 is 5.91 Å². The number of β-amino-alcohol motifs (C(OH)–C–C–N with tert-alkyl or cyclic N) is 1. The molecule has 2 heterocycles. The number of piperazine rings is 1. The molecule has 7 nitrogen and oxygen atoms in total. The van der Waals surface area contributed by atoms with Crippen molar-refractivity contribution in [3.05, 3.63) is 30.5 Å². The summed E-state index contributed by atoms with van der Waals surface area (Å²) in [6, 6.07) is 0. The lowest BCUT2D eigenvalue weighted by Gasteiger charge is -2.34. The van der Waals surface area contributed by atoms with Gasteiger partial charge in [0, 0.05) is 39.3 Å². The number of aliphatic hydroxyl groups is 1. The van der Waals surface area contributed by atoms with Gasteiger partial charge < -0.3 is 14.8 Å². The molecule has 1 aromatic heterocycles. The van der Waals surface area contributed by atoms with E-state index in [0.717, 1.165) is 45.4 Å². The molecular weight excluding hydrogens is 320 g/mol. The van der Waals surface area contributed by atoms with Crippen molar-refractivity contribution in [2.75, 3.05) is 39.3 Å². The van der Waals surface area contributed by atoms with Gasteiger partial charge in [0.2, 0.25) is 5.89 Å². The van der Waals surface area contributed by atoms with E-state index in [1.165, 1.54) is 6.26 Å². The highest BCUT2D eigenvalue weighted by atomic mass is 16.3. The minimum atomic E-state index is -0.291. The number of aliphatic hydroxyl groups excluding tert-OH is 1. The summed E-state index contributed by atoms with van der Waals surface area (Å²) in [7, 11) is 0. The molecule has 0 radical (unpaired) electrons. The van der Waals surface area contributed by atoms with Crippen LogP contribution < -0.4 is 5.32 Å². The number of aromatic nitrogens is 1. The molecule has 1 fully saturated rings. The van der Waals surface area contributed by atoms with Gasteiger partial charge in [-0.1, -0.05) is 13.0 Å². The van der Waals surface area contributed by atoms with Crippen LogP contribution in [-0.2, 0) is 6.54 Å². The summed E-state index contributed by atoms with van der Waals surface area (Å²) in [6.45, 7) is 11.3. The highest BCUT2D eigenvalue weighted by Crippen LogP contribution is 2.10. The van der Waals surface area contributed by atoms with E-state index in [0.29, 0.717) is 31.2 Å². The first-order valence-corrected chi connectivity index (χ1v) is 9.08. The van der Waals surface area contributed by atoms with E-state index in [1.54, 1.807) is 0 Å². The van der Waals surface area contributed by atoms with Crippen LogP contribution in [0.4, 0.5) is 0 Å². The Kier molecular flexibility index (Phi) is 8.11. The van der Waals surface area contributed by atoms with Gasteiger partial charge in [0.05, 0.1) is 12.6 Å². The molecule has 1 aromatic rings. The van der Waals surface area contributed by atoms with Gasteiger partial charge in [0.25, 0.3) is 5.91 Å². The van der Waals surface area contributed by atoms with Crippen molar-refractivity contribution in [1.82, 2.24) is 20.1 Å². The predicted octanol–water partition coefficient (Wildman–Crippen LogP) is 1.26. The van der Waals surface area contributed by atoms with Gasteiger partial charge in [-0.05, 0) is 19.3 Å². The maximum atomic E-state index is 11.8. The molecule has 1 amide bonds. The van der Waals surface area contributed by atoms with Crippen molar-refractivity contribution in [3.8, 4) is 0 Å². The molecule has 7 heteroatoms. The molecule has 1 saturated heterocycles. The Morgan fingerprint density at radius 3 is 2.84 bits per heavy atom. The Morgan fingerprint density at radius 2 is 2.16 bits per heavy atom. The van der Waals surface area contributed by atoms with Crippen LogP contribution in [0.2, 0.25) is 0 Å². The molecule has 0 aliphatic carbocycles. The van der Waals surface area contributed by atoms with Crippen LogP contribution in [0.15, 0.2) is 23.3 Å². The number of oxazole rings is 1. The van der Waals surface area contributed by atoms with Gasteiger partial charge in [-0.15, -0.1) is 6.58 Å². The Bertz CT molecular complexity index is 538. The van der Waals surface area contributed by atoms with Gasteiger partial charge in [0.1, 0.15) is 6.26 Å². The highest BCUT2D eigenvalue weighted by Gasteiger charge is 2.21. The summed E-state index contributed by atoms with van der Waals surface area (Å²) in [5, 5.41) is 12.8. The van der Waals surface area contributed by atoms with Gasteiger partial charge in [-0.2, -0.15) is 0 Å². The Hall–Kier alpha value is -1.70. The maximum Gasteiger partial charge on any atom is 0.273 e. The number of allylic oxidation sites excluding steroid dienone is 1. The van der Waals surface area contributed by atoms with E-state index in [4.69, 9.17) is 4.42 Å². The van der Waals surface area contributed by atoms with E-state index in [-0.39, 0.29) is 12.0 Å². The lowest BCUT2D eigenvalue weighted by Crippen LogP contribution is -2.48. The number of carbonyl (C=O) groups is 1. The molecule has 25 heavy (non-hydrogen) atoms. The van der Waals surface area contributed by atoms with Crippen molar-refractivity contribution < 1.29 is 14.3 Å². The topological polar surface area (TPSA) is 81.8 Å². The SMILES string of the molecule is C=CCCC(O)CN1CCN(Cc2nc(C(=O)NCCC)co2)CC1. The number of nitrogens with zero attached hydrogens (tertiary/aromatic N) is 3. The highest BCUT2D eigenvalue weighted by molar-refractivity contribution is 5.91. The molecule has 1 aliphatic rings. The number of carbonyl (C=O) groups excluding carboxylic acids is 1. The summed E-state index contributed by atoms with van der Waals surface area (Å²) < 4.78 is 5.43. The van der Waals surface area contributed by atoms with Crippen molar-refractivity contribution in [2.45, 2.75) is 38.8 Å². The molecule has 0 aromatic carbocycles. The minimum absolute atomic E-state index is 0.185. The predicted molar refractivity (Wildman–Crippen MR) is 96.3 cm³/mol. The monoisotopic (exact) mass is 350 g/mol. The molecular formula is C18H30N4O3. The zero-order valence-corrected chi connectivity index (χ0v) is 15.1. The lowest BCUT2D eigenvalue weighted by molar-refractivity contribution is 0.0642. The molecule has 1 aliphatic heterocycles. The molecule has 0 saturated carbocycles. The van der Waals surface area contributed by atoms with E-state index < -0.39 is 0 Å². The number of hydrogen-bond acceptors (Lipinski definition) is 6. The van der Waals surface area contributed by atoms with E-state index in [2.05, 4.69) is 26.7 Å². The van der Waals surface area contributed by atoms with E-state index in [1.807, 2.05) is 13.0 Å². The van der Waals surface area contributed by atoms with Crippen LogP contribution in [-0.4, -0.2) is 71.2 Å². The van der Waals surface area contributed by atoms with Crippen LogP contribution in [0.3, 0.4) is 0 Å². The number of rotatable bonds is 10. The largest absolute Gasteiger partial charge is 0.447 e. The first-order valence-electron chi connectivity index (χ1n) is 9.08. The molecule has 1 atom stereocenters. The fraction of sp³-hybridized carbons (Fsp3) is 0.667. The third kappa shape index (κ3) is 6.61. The number of nitrogens with one attached hydrogen (secondary N) is 1. The third-order valence-corrected chi connectivity index (χ3v) is 4.32. The molecule has 140 valence electrons. The summed E-state index contributed by atoms with van der Waals surface area (Å²) in [4.78, 5) is 20.7. The fourth-order valence-electron chi connectivity index (χ4n) is 2.84. The molecule has 2 rings (SSSR count). The average Bonchev–Trinajstić information content (AvgIpc) is 3.08. The van der Waals surface area contributed by atoms with Gasteiger partial charge >= 0.3 is 0 Å². The summed E-state index contributed by atoms with van der Waals surface area (Å²) in [5.41, 5.74) is 0.340. The van der Waals surface area contributed by atoms with Crippen LogP contribution in [0.5, 0.6) is 0 Å². The standard InChI is InChI=1S/C18H30N4O3/c1-3-5-6-15(23)12-21-8-10-22(11-9-21)13-17-20-16(14-25-17)18(24)19-7-4-2/h3,14-15,23H,1,4-13H2,2H3,(H,19,24). The number of amides is 1. The molecule has 2 N–H and O–H groups in total. The summed E-state index contributed by atoms with van der Waals surface area (Å²) >= 11 is 0. The fourth-order valence-corrected chi connectivity index (χ4v) is 2.84. The Balaban J connectivity index is 1.72. The van der Waals surface area contributed by atoms with Gasteiger partial charge in [-0.25, -0.2) is 4.98 Å². The van der Waals surface area contributed by atoms with Crippen LogP contribution >= 0.6 is 0 Å². The van der Waals surface area contributed by atoms with Crippen LogP contribution in [0.1, 0.15) is 42.6 Å². The lowest BCUT2D eigenvalue weighted by atomic mass is 10.1. The Labute approximate surface area is 149 Å². The molecule has 0 spiro atoms. The minimum Gasteiger partial charge on any atom is -0.447 e. The first-order chi connectivity index (χ1) is 12.1. The van der Waals surface area contributed by atoms with Crippen molar-refractivity contribution in [3.63, 3.8) is 0 Å². The van der Waals surface area contributed by atoms with Crippen molar-refractivity contribution in [2.24, 2.45) is 0 Å². The normalized spacial score (nSPS) is 17.4. The second-order valence-electron chi connectivity index (χ2n) is 6.48. The summed E-state index contributed by atoms with van der Waals surface area (Å²) in [6.07, 6.45) is 5.48. The average molecular weight is 350 g/mol. The van der Waals surface area contributed by atoms with E-state index >= 15 is 0 Å². The third-order valence-electron chi connectivity index (χ3n) is 4.32. The number of hydrogen-bond donors (Lipinski definition) is 2. The Morgan fingerprint density at radius 1 is 1.44 bits per heavy atom. The van der Waals surface area contributed by atoms with Crippen LogP contribution in [0, 0.1) is 0 Å². The van der Waals surface area contributed by atoms with Gasteiger partial charge in [0.15, 0.2) is 5.69 Å². The second-order valence-corrected chi connectivity index (χ2v) is 6.48. The zero-order chi connectivity index (χ0) is 18.1. The quantitative estimate of drug-likeness (QED) is 0.618. The maximum absolute atomic E-state index is 11.8. The van der Waals surface area contributed by atoms with E-state index in [9.17, 15) is 9.90 Å².